The first-order valence-electron chi connectivity index (χ1n) is 6.10. The number of hydrogen-bond donors (Lipinski definition) is 1. The van der Waals surface area contributed by atoms with Gasteiger partial charge in [0.05, 0.1) is 6.07 Å². The molecule has 0 aromatic carbocycles. The van der Waals surface area contributed by atoms with Crippen LogP contribution in [0.15, 0.2) is 0 Å². The Hall–Kier alpha value is -1.04. The fourth-order valence-corrected chi connectivity index (χ4v) is 2.90. The Morgan fingerprint density at radius 2 is 2.19 bits per heavy atom. The molecule has 2 fully saturated rings. The van der Waals surface area contributed by atoms with Gasteiger partial charge in [-0.05, 0) is 31.6 Å². The zero-order chi connectivity index (χ0) is 12.0. The molecule has 0 heterocycles. The molecule has 0 radical (unpaired) electrons. The average Bonchev–Trinajstić information content (AvgIpc) is 2.40. The van der Waals surface area contributed by atoms with E-state index in [0.29, 0.717) is 5.92 Å². The third-order valence-corrected chi connectivity index (χ3v) is 4.13. The Kier molecular flexibility index (Phi) is 2.49. The van der Waals surface area contributed by atoms with Crippen LogP contribution in [-0.2, 0) is 4.79 Å². The highest BCUT2D eigenvalue weighted by atomic mass is 16.2. The maximum absolute atomic E-state index is 12.0. The molecule has 2 aliphatic carbocycles. The average molecular weight is 220 g/mol. The van der Waals surface area contributed by atoms with Crippen molar-refractivity contribution in [1.82, 2.24) is 5.32 Å². The number of nitrogens with one attached hydrogen (secondary N) is 1. The lowest BCUT2D eigenvalue weighted by Crippen LogP contribution is -2.59. The highest BCUT2D eigenvalue weighted by molar-refractivity contribution is 5.82. The molecular weight excluding hydrogens is 200 g/mol. The summed E-state index contributed by atoms with van der Waals surface area (Å²) in [6.45, 7) is 5.80. The van der Waals surface area contributed by atoms with Crippen LogP contribution in [0, 0.1) is 28.6 Å². The second-order valence-electron chi connectivity index (χ2n) is 6.36. The van der Waals surface area contributed by atoms with Crippen LogP contribution in [-0.4, -0.2) is 11.4 Å². The van der Waals surface area contributed by atoms with Crippen LogP contribution in [0.5, 0.6) is 0 Å². The van der Waals surface area contributed by atoms with Gasteiger partial charge in [0.15, 0.2) is 0 Å². The highest BCUT2D eigenvalue weighted by Gasteiger charge is 2.54. The van der Waals surface area contributed by atoms with Gasteiger partial charge in [-0.15, -0.1) is 0 Å². The molecule has 16 heavy (non-hydrogen) atoms. The van der Waals surface area contributed by atoms with E-state index in [0.717, 1.165) is 19.3 Å². The molecule has 2 aliphatic rings. The van der Waals surface area contributed by atoms with Crippen molar-refractivity contribution in [3.8, 4) is 6.07 Å². The number of hydrogen-bond acceptors (Lipinski definition) is 2. The smallest absolute Gasteiger partial charge is 0.225 e. The minimum absolute atomic E-state index is 0.0369. The van der Waals surface area contributed by atoms with E-state index in [1.165, 1.54) is 6.42 Å². The molecule has 0 saturated heterocycles. The fraction of sp³-hybridized carbons (Fsp3) is 0.846. The second kappa shape index (κ2) is 3.48. The van der Waals surface area contributed by atoms with Gasteiger partial charge < -0.3 is 5.32 Å². The summed E-state index contributed by atoms with van der Waals surface area (Å²) in [6.07, 6.45) is 4.05. The first-order chi connectivity index (χ1) is 7.37. The topological polar surface area (TPSA) is 52.9 Å². The van der Waals surface area contributed by atoms with Gasteiger partial charge in [0.2, 0.25) is 5.91 Å². The molecule has 1 amide bonds. The van der Waals surface area contributed by atoms with Gasteiger partial charge in [0, 0.05) is 16.9 Å². The van der Waals surface area contributed by atoms with Gasteiger partial charge in [-0.1, -0.05) is 20.8 Å². The summed E-state index contributed by atoms with van der Waals surface area (Å²) in [4.78, 5) is 12.0. The Bertz CT molecular complexity index is 350. The predicted molar refractivity (Wildman–Crippen MR) is 61.4 cm³/mol. The maximum Gasteiger partial charge on any atom is 0.225 e. The molecule has 0 spiro atoms. The summed E-state index contributed by atoms with van der Waals surface area (Å²) < 4.78 is 0. The van der Waals surface area contributed by atoms with Crippen molar-refractivity contribution in [2.75, 3.05) is 0 Å². The van der Waals surface area contributed by atoms with Crippen LogP contribution in [0.25, 0.3) is 0 Å². The van der Waals surface area contributed by atoms with Crippen molar-refractivity contribution >= 4 is 5.91 Å². The van der Waals surface area contributed by atoms with Crippen molar-refractivity contribution in [2.24, 2.45) is 17.3 Å². The third-order valence-electron chi connectivity index (χ3n) is 4.13. The minimum Gasteiger partial charge on any atom is -0.350 e. The van der Waals surface area contributed by atoms with Crippen molar-refractivity contribution in [3.63, 3.8) is 0 Å². The number of fused-ring (bicyclic) bond motifs is 1. The quantitative estimate of drug-likeness (QED) is 0.736. The summed E-state index contributed by atoms with van der Waals surface area (Å²) in [5.41, 5.74) is -0.371. The first kappa shape index (κ1) is 11.4. The number of nitriles is 1. The van der Waals surface area contributed by atoms with Crippen LogP contribution in [0.1, 0.15) is 46.5 Å². The summed E-state index contributed by atoms with van der Waals surface area (Å²) >= 11 is 0. The molecule has 0 aromatic rings. The summed E-state index contributed by atoms with van der Waals surface area (Å²) in [5.74, 6) is 0.812. The second-order valence-corrected chi connectivity index (χ2v) is 6.36. The maximum atomic E-state index is 12.0. The van der Waals surface area contributed by atoms with Gasteiger partial charge >= 0.3 is 0 Å². The molecule has 0 aliphatic heterocycles. The zero-order valence-corrected chi connectivity index (χ0v) is 10.3. The van der Waals surface area contributed by atoms with Gasteiger partial charge in [-0.3, -0.25) is 4.79 Å². The largest absolute Gasteiger partial charge is 0.350 e. The molecule has 88 valence electrons. The van der Waals surface area contributed by atoms with E-state index < -0.39 is 0 Å². The van der Waals surface area contributed by atoms with Crippen LogP contribution < -0.4 is 5.32 Å². The zero-order valence-electron chi connectivity index (χ0n) is 10.3. The van der Waals surface area contributed by atoms with E-state index in [9.17, 15) is 4.79 Å². The molecule has 3 heteroatoms. The molecule has 0 bridgehead atoms. The molecular formula is C13H20N2O. The van der Waals surface area contributed by atoms with E-state index in [2.05, 4.69) is 11.4 Å². The number of nitrogens with zero attached hydrogens (tertiary/aromatic N) is 1. The normalized spacial score (nSPS) is 37.1. The van der Waals surface area contributed by atoms with Crippen LogP contribution in [0.4, 0.5) is 0 Å². The van der Waals surface area contributed by atoms with Gasteiger partial charge in [-0.2, -0.15) is 5.26 Å². The summed E-state index contributed by atoms with van der Waals surface area (Å²) in [6, 6.07) is 2.35. The molecule has 1 N–H and O–H groups in total. The Morgan fingerprint density at radius 1 is 1.50 bits per heavy atom. The molecule has 3 unspecified atom stereocenters. The predicted octanol–water partition coefficient (Wildman–Crippen LogP) is 2.23. The van der Waals surface area contributed by atoms with Crippen LogP contribution >= 0.6 is 0 Å². The van der Waals surface area contributed by atoms with E-state index in [-0.39, 0.29) is 22.8 Å². The lowest BCUT2D eigenvalue weighted by molar-refractivity contribution is -0.132. The van der Waals surface area contributed by atoms with E-state index in [1.807, 2.05) is 20.8 Å². The van der Waals surface area contributed by atoms with Crippen molar-refractivity contribution < 1.29 is 4.79 Å². The molecule has 0 aromatic heterocycles. The standard InChI is InChI=1S/C13H20N2O/c1-12(2,3)11(16)15-13-5-4-10(13)6-9(7-13)8-14/h9-10H,4-7H2,1-3H3,(H,15,16). The fourth-order valence-electron chi connectivity index (χ4n) is 2.90. The van der Waals surface area contributed by atoms with E-state index in [1.54, 1.807) is 0 Å². The van der Waals surface area contributed by atoms with Gasteiger partial charge in [0.1, 0.15) is 0 Å². The van der Waals surface area contributed by atoms with E-state index >= 15 is 0 Å². The van der Waals surface area contributed by atoms with E-state index in [4.69, 9.17) is 5.26 Å². The number of carbonyl (C=O) groups excluding carboxylic acids is 1. The number of rotatable bonds is 1. The highest BCUT2D eigenvalue weighted by Crippen LogP contribution is 2.52. The molecule has 2 saturated carbocycles. The van der Waals surface area contributed by atoms with Gasteiger partial charge in [-0.25, -0.2) is 0 Å². The van der Waals surface area contributed by atoms with Crippen molar-refractivity contribution in [1.29, 1.82) is 5.26 Å². The Labute approximate surface area is 97.2 Å². The SMILES string of the molecule is CC(C)(C)C(=O)NC12CCC1CC(C#N)C2. The Morgan fingerprint density at radius 3 is 2.62 bits per heavy atom. The number of amides is 1. The molecule has 3 atom stereocenters. The first-order valence-corrected chi connectivity index (χ1v) is 6.10. The lowest BCUT2D eigenvalue weighted by Gasteiger charge is -2.46. The summed E-state index contributed by atoms with van der Waals surface area (Å²) in [7, 11) is 0. The Balaban J connectivity index is 2.06. The van der Waals surface area contributed by atoms with Crippen LogP contribution in [0.2, 0.25) is 0 Å². The summed E-state index contributed by atoms with van der Waals surface area (Å²) in [5, 5.41) is 12.2. The third kappa shape index (κ3) is 1.71. The lowest BCUT2D eigenvalue weighted by atomic mass is 9.68. The molecule has 3 nitrogen and oxygen atoms in total. The van der Waals surface area contributed by atoms with Crippen molar-refractivity contribution in [3.05, 3.63) is 0 Å². The van der Waals surface area contributed by atoms with Crippen molar-refractivity contribution in [2.45, 2.75) is 52.0 Å². The number of carbonyl (C=O) groups is 1. The monoisotopic (exact) mass is 220 g/mol. The molecule has 2 rings (SSSR count). The minimum atomic E-state index is -0.334. The van der Waals surface area contributed by atoms with Gasteiger partial charge in [0.25, 0.3) is 0 Å². The van der Waals surface area contributed by atoms with Crippen LogP contribution in [0.3, 0.4) is 0 Å².